The molecule has 0 aromatic heterocycles. The van der Waals surface area contributed by atoms with Gasteiger partial charge in [-0.25, -0.2) is 8.42 Å². The summed E-state index contributed by atoms with van der Waals surface area (Å²) in [6.07, 6.45) is -4.33. The minimum atomic E-state index is -4.62. The summed E-state index contributed by atoms with van der Waals surface area (Å²) >= 11 is 0. The average molecular weight is 729 g/mol. The fourth-order valence-corrected chi connectivity index (χ4v) is 4.65. The van der Waals surface area contributed by atoms with Crippen LogP contribution in [-0.4, -0.2) is 125 Å². The van der Waals surface area contributed by atoms with Crippen LogP contribution in [0, 0.1) is 5.41 Å². The summed E-state index contributed by atoms with van der Waals surface area (Å²) in [5, 5.41) is 0.390. The van der Waals surface area contributed by atoms with Crippen molar-refractivity contribution in [1.82, 2.24) is 0 Å². The highest BCUT2D eigenvalue weighted by Gasteiger charge is 2.38. The lowest BCUT2D eigenvalue weighted by Gasteiger charge is -2.31. The summed E-state index contributed by atoms with van der Waals surface area (Å²) in [6, 6.07) is 0. The molecule has 0 aliphatic heterocycles. The van der Waals surface area contributed by atoms with Crippen LogP contribution in [0.5, 0.6) is 0 Å². The van der Waals surface area contributed by atoms with Crippen LogP contribution in [-0.2, 0) is 93.9 Å². The van der Waals surface area contributed by atoms with E-state index in [-0.39, 0.29) is 0 Å². The van der Waals surface area contributed by atoms with Gasteiger partial charge in [-0.3, -0.25) is 24.0 Å². The third-order valence-electron chi connectivity index (χ3n) is 4.62. The molecule has 0 saturated carbocycles. The Balaban J connectivity index is 6.06. The molecule has 44 heavy (non-hydrogen) atoms. The first-order chi connectivity index (χ1) is 20.4. The van der Waals surface area contributed by atoms with Crippen LogP contribution < -0.4 is 0 Å². The number of hydrogen-bond acceptors (Lipinski definition) is 19. The Hall–Kier alpha value is -3.74. The molecule has 0 heterocycles. The zero-order valence-corrected chi connectivity index (χ0v) is 26.3. The highest BCUT2D eigenvalue weighted by Crippen LogP contribution is 2.22. The van der Waals surface area contributed by atoms with Crippen molar-refractivity contribution >= 4 is 101 Å². The van der Waals surface area contributed by atoms with Gasteiger partial charge in [0, 0.05) is 21.5 Å². The van der Waals surface area contributed by atoms with Gasteiger partial charge in [0.15, 0.2) is 0 Å². The lowest BCUT2D eigenvalue weighted by molar-refractivity contribution is -0.169. The largest absolute Gasteiger partial charge is 0.465 e. The highest BCUT2D eigenvalue weighted by atomic mass is 32.2. The van der Waals surface area contributed by atoms with Gasteiger partial charge in [-0.1, -0.05) is 0 Å². The van der Waals surface area contributed by atoms with Gasteiger partial charge >= 0.3 is 23.9 Å². The van der Waals surface area contributed by atoms with E-state index in [1.54, 1.807) is 0 Å². The van der Waals surface area contributed by atoms with E-state index in [1.165, 1.54) is 0 Å². The van der Waals surface area contributed by atoms with Crippen molar-refractivity contribution in [3.63, 3.8) is 0 Å². The van der Waals surface area contributed by atoms with Crippen molar-refractivity contribution in [2.45, 2.75) is 32.1 Å². The summed E-state index contributed by atoms with van der Waals surface area (Å²) in [6.45, 7) is -3.74. The van der Waals surface area contributed by atoms with Crippen LogP contribution >= 0.6 is 0 Å². The first-order valence-electron chi connectivity index (χ1n) is 11.4. The Bertz CT molecular complexity index is 1620. The van der Waals surface area contributed by atoms with Gasteiger partial charge in [-0.05, 0) is 0 Å². The van der Waals surface area contributed by atoms with E-state index in [2.05, 4.69) is 0 Å². The third-order valence-corrected chi connectivity index (χ3v) is 7.98. The summed E-state index contributed by atoms with van der Waals surface area (Å²) < 4.78 is 129. The summed E-state index contributed by atoms with van der Waals surface area (Å²) in [5.41, 5.74) is -2.01. The maximum atomic E-state index is 12.3. The van der Waals surface area contributed by atoms with Crippen molar-refractivity contribution in [2.24, 2.45) is 5.41 Å². The standard InChI is InChI=1S/C20H24O19S5/c21-15(1-6-40(26)27)36-11-20(12-37-16(22)2-7-41(28)29,13-38-17(23)3-8-42(30)31)14-39-18(24)5-10-44(34,35)19(25)4-9-43(32)33/h6-9H,1-5,10-14H2. The normalized spacial score (nSPS) is 10.7. The summed E-state index contributed by atoms with van der Waals surface area (Å²) in [4.78, 5) is 60.0. The van der Waals surface area contributed by atoms with Crippen LogP contribution in [0.1, 0.15) is 32.1 Å². The van der Waals surface area contributed by atoms with E-state index in [0.29, 0.717) is 21.5 Å². The van der Waals surface area contributed by atoms with Gasteiger partial charge in [-0.2, -0.15) is 33.7 Å². The summed E-state index contributed by atoms with van der Waals surface area (Å²) in [7, 11) is -15.8. The molecular weight excluding hydrogens is 705 g/mol. The molecule has 0 amide bonds. The Labute approximate surface area is 255 Å². The molecule has 24 heteroatoms. The monoisotopic (exact) mass is 728 g/mol. The molecule has 0 fully saturated rings. The highest BCUT2D eigenvalue weighted by molar-refractivity contribution is 8.06. The predicted molar refractivity (Wildman–Crippen MR) is 148 cm³/mol. The Morgan fingerprint density at radius 2 is 0.795 bits per heavy atom. The minimum absolute atomic E-state index is 0.377. The number of ether oxygens (including phenoxy) is 4. The quantitative estimate of drug-likeness (QED) is 0.0691. The van der Waals surface area contributed by atoms with Crippen molar-refractivity contribution in [1.29, 1.82) is 0 Å². The molecule has 0 spiro atoms. The molecule has 0 unspecified atom stereocenters. The first-order valence-corrected chi connectivity index (χ1v) is 17.6. The molecule has 0 bridgehead atoms. The lowest BCUT2D eigenvalue weighted by Crippen LogP contribution is -2.44. The molecule has 0 aliphatic rings. The number of sulfone groups is 1. The van der Waals surface area contributed by atoms with Gasteiger partial charge in [0.25, 0.3) is 5.12 Å². The van der Waals surface area contributed by atoms with Crippen LogP contribution in [0.2, 0.25) is 0 Å². The van der Waals surface area contributed by atoms with Crippen molar-refractivity contribution in [2.75, 3.05) is 32.2 Å². The van der Waals surface area contributed by atoms with Crippen molar-refractivity contribution in [3.05, 3.63) is 0 Å². The van der Waals surface area contributed by atoms with E-state index < -0.39 is 150 Å². The maximum Gasteiger partial charge on any atom is 0.310 e. The molecule has 0 aliphatic carbocycles. The van der Waals surface area contributed by atoms with E-state index in [4.69, 9.17) is 18.9 Å². The van der Waals surface area contributed by atoms with Crippen molar-refractivity contribution in [3.8, 4) is 0 Å². The third kappa shape index (κ3) is 19.4. The predicted octanol–water partition coefficient (Wildman–Crippen LogP) is -4.24. The smallest absolute Gasteiger partial charge is 0.310 e. The van der Waals surface area contributed by atoms with Crippen LogP contribution in [0.25, 0.3) is 0 Å². The molecule has 0 aromatic rings. The number of hydrogen-bond donors (Lipinski definition) is 0. The van der Waals surface area contributed by atoms with Crippen LogP contribution in [0.15, 0.2) is 0 Å². The average Bonchev–Trinajstić information content (AvgIpc) is 2.94. The Kier molecular flexibility index (Phi) is 18.5. The van der Waals surface area contributed by atoms with Gasteiger partial charge in [-0.15, -0.1) is 0 Å². The van der Waals surface area contributed by atoms with Crippen LogP contribution in [0.3, 0.4) is 0 Å². The fourth-order valence-electron chi connectivity index (χ4n) is 2.44. The fraction of sp³-hybridized carbons (Fsp3) is 0.550. The van der Waals surface area contributed by atoms with E-state index in [9.17, 15) is 66.1 Å². The second-order valence-electron chi connectivity index (χ2n) is 8.11. The van der Waals surface area contributed by atoms with Gasteiger partial charge in [0.2, 0.25) is 51.0 Å². The molecule has 0 aromatic carbocycles. The molecular formula is C20H24O19S5. The molecule has 248 valence electrons. The van der Waals surface area contributed by atoms with E-state index in [0.717, 1.165) is 0 Å². The summed E-state index contributed by atoms with van der Waals surface area (Å²) in [5.74, 6) is -6.00. The molecule has 0 atom stereocenters. The van der Waals surface area contributed by atoms with Gasteiger partial charge in [0.1, 0.15) is 31.8 Å². The Morgan fingerprint density at radius 1 is 0.500 bits per heavy atom. The number of rotatable bonds is 19. The second kappa shape index (κ2) is 20.3. The minimum Gasteiger partial charge on any atom is -0.465 e. The van der Waals surface area contributed by atoms with Gasteiger partial charge in [0.05, 0.1) is 37.9 Å². The molecule has 0 N–H and O–H groups in total. The van der Waals surface area contributed by atoms with Crippen molar-refractivity contribution < 1.29 is 85.0 Å². The molecule has 0 radical (unpaired) electrons. The Morgan fingerprint density at radius 3 is 1.11 bits per heavy atom. The zero-order valence-electron chi connectivity index (χ0n) is 22.2. The van der Waals surface area contributed by atoms with Crippen LogP contribution in [0.4, 0.5) is 0 Å². The topological polar surface area (TPSA) is 293 Å². The lowest BCUT2D eigenvalue weighted by atomic mass is 9.92. The van der Waals surface area contributed by atoms with Gasteiger partial charge < -0.3 is 18.9 Å². The first kappa shape index (κ1) is 40.3. The molecule has 0 rings (SSSR count). The van der Waals surface area contributed by atoms with E-state index >= 15 is 0 Å². The molecule has 19 nitrogen and oxygen atoms in total. The maximum absolute atomic E-state index is 12.3. The van der Waals surface area contributed by atoms with E-state index in [1.807, 2.05) is 0 Å². The number of carbonyl (C=O) groups is 5. The molecule has 0 saturated heterocycles. The second-order valence-corrected chi connectivity index (χ2v) is 13.6. The number of esters is 4. The zero-order chi connectivity index (χ0) is 33.9. The number of carbonyl (C=O) groups excluding carboxylic acids is 5. The SMILES string of the molecule is O=C(CC=S(=O)=O)OCC(COC(=O)CC=S(=O)=O)(COC(=O)CC=S(=O)=O)COC(=O)CCS(=O)(=O)C(=O)CC=S(=O)=O.